The lowest BCUT2D eigenvalue weighted by molar-refractivity contribution is 0.833. The second-order valence-corrected chi connectivity index (χ2v) is 6.38. The minimum Gasteiger partial charge on any atom is -0.295 e. The van der Waals surface area contributed by atoms with Crippen LogP contribution < -0.4 is 11.0 Å². The number of halogens is 1. The Labute approximate surface area is 150 Å². The van der Waals surface area contributed by atoms with Gasteiger partial charge in [0, 0.05) is 10.7 Å². The molecule has 3 aromatic rings. The maximum atomic E-state index is 12.7. The first-order valence-electron chi connectivity index (χ1n) is 7.89. The van der Waals surface area contributed by atoms with Gasteiger partial charge in [0.2, 0.25) is 0 Å². The highest BCUT2D eigenvalue weighted by Crippen LogP contribution is 2.15. The molecule has 0 aliphatic rings. The molecule has 0 radical (unpaired) electrons. The van der Waals surface area contributed by atoms with Crippen LogP contribution in [-0.2, 0) is 0 Å². The summed E-state index contributed by atoms with van der Waals surface area (Å²) in [6, 6.07) is 13.1. The van der Waals surface area contributed by atoms with E-state index in [1.54, 1.807) is 12.1 Å². The molecule has 25 heavy (non-hydrogen) atoms. The molecular formula is C19H19ClN4O. The Hall–Kier alpha value is -2.79. The van der Waals surface area contributed by atoms with Crippen LogP contribution in [0.2, 0.25) is 5.02 Å². The number of hydrogen-bond acceptors (Lipinski definition) is 3. The zero-order chi connectivity index (χ0) is 18.0. The molecule has 5 nitrogen and oxygen atoms in total. The summed E-state index contributed by atoms with van der Waals surface area (Å²) in [5, 5.41) is 7.86. The third kappa shape index (κ3) is 3.67. The van der Waals surface area contributed by atoms with Gasteiger partial charge in [-0.05, 0) is 62.2 Å². The topological polar surface area (TPSA) is 62.2 Å². The number of nitrogens with zero attached hydrogens (tertiary/aromatic N) is 2. The Morgan fingerprint density at radius 2 is 1.92 bits per heavy atom. The maximum Gasteiger partial charge on any atom is 0.280 e. The molecule has 3 rings (SSSR count). The van der Waals surface area contributed by atoms with Gasteiger partial charge in [-0.1, -0.05) is 23.7 Å². The number of benzene rings is 2. The van der Waals surface area contributed by atoms with Gasteiger partial charge >= 0.3 is 0 Å². The molecular weight excluding hydrogens is 336 g/mol. The van der Waals surface area contributed by atoms with Crippen LogP contribution in [0.3, 0.4) is 0 Å². The Kier molecular flexibility index (Phi) is 4.76. The number of rotatable bonds is 4. The average molecular weight is 355 g/mol. The molecule has 0 aliphatic heterocycles. The molecule has 0 saturated carbocycles. The number of anilines is 1. The normalized spacial score (nSPS) is 11.2. The SMILES string of the molecule is Cc1ccc(-n2[nH]c(C)c(C=NNc3cccc(Cl)c3)c2=O)cc1C. The number of hydrogen-bond donors (Lipinski definition) is 2. The molecule has 6 heteroatoms. The lowest BCUT2D eigenvalue weighted by Gasteiger charge is -2.05. The molecule has 1 aromatic heterocycles. The number of nitrogens with one attached hydrogen (secondary N) is 2. The van der Waals surface area contributed by atoms with Gasteiger partial charge in [0.1, 0.15) is 0 Å². The first-order valence-corrected chi connectivity index (χ1v) is 8.27. The van der Waals surface area contributed by atoms with Crippen molar-refractivity contribution in [2.45, 2.75) is 20.8 Å². The molecule has 0 atom stereocenters. The molecule has 0 unspecified atom stereocenters. The highest BCUT2D eigenvalue weighted by atomic mass is 35.5. The quantitative estimate of drug-likeness (QED) is 0.545. The fourth-order valence-corrected chi connectivity index (χ4v) is 2.68. The largest absolute Gasteiger partial charge is 0.295 e. The fraction of sp³-hybridized carbons (Fsp3) is 0.158. The van der Waals surface area contributed by atoms with Gasteiger partial charge in [0.05, 0.1) is 23.2 Å². The Morgan fingerprint density at radius 3 is 2.64 bits per heavy atom. The van der Waals surface area contributed by atoms with Gasteiger partial charge < -0.3 is 0 Å². The molecule has 0 amide bonds. The van der Waals surface area contributed by atoms with Crippen LogP contribution in [0.15, 0.2) is 52.4 Å². The van der Waals surface area contributed by atoms with Crippen molar-refractivity contribution in [3.63, 3.8) is 0 Å². The van der Waals surface area contributed by atoms with Crippen LogP contribution in [0.4, 0.5) is 5.69 Å². The number of aromatic amines is 1. The molecule has 0 aliphatic carbocycles. The molecule has 128 valence electrons. The third-order valence-electron chi connectivity index (χ3n) is 4.08. The van der Waals surface area contributed by atoms with Gasteiger partial charge in [-0.2, -0.15) is 5.10 Å². The zero-order valence-electron chi connectivity index (χ0n) is 14.3. The maximum absolute atomic E-state index is 12.7. The molecule has 2 N–H and O–H groups in total. The van der Waals surface area contributed by atoms with Crippen LogP contribution in [0.5, 0.6) is 0 Å². The second kappa shape index (κ2) is 6.99. The van der Waals surface area contributed by atoms with Crippen LogP contribution in [0.1, 0.15) is 22.4 Å². The molecule has 0 saturated heterocycles. The highest BCUT2D eigenvalue weighted by Gasteiger charge is 2.11. The van der Waals surface area contributed by atoms with Crippen molar-refractivity contribution >= 4 is 23.5 Å². The third-order valence-corrected chi connectivity index (χ3v) is 4.31. The van der Waals surface area contributed by atoms with Gasteiger partial charge in [-0.3, -0.25) is 15.3 Å². The summed E-state index contributed by atoms with van der Waals surface area (Å²) in [7, 11) is 0. The van der Waals surface area contributed by atoms with Gasteiger partial charge in [0.15, 0.2) is 0 Å². The van der Waals surface area contributed by atoms with Gasteiger partial charge in [-0.15, -0.1) is 0 Å². The number of aromatic nitrogens is 2. The van der Waals surface area contributed by atoms with E-state index in [4.69, 9.17) is 11.6 Å². The summed E-state index contributed by atoms with van der Waals surface area (Å²) in [6.07, 6.45) is 1.52. The smallest absolute Gasteiger partial charge is 0.280 e. The van der Waals surface area contributed by atoms with E-state index in [-0.39, 0.29) is 5.56 Å². The van der Waals surface area contributed by atoms with Crippen molar-refractivity contribution in [2.75, 3.05) is 5.43 Å². The summed E-state index contributed by atoms with van der Waals surface area (Å²) in [5.74, 6) is 0. The van der Waals surface area contributed by atoms with E-state index in [2.05, 4.69) is 15.6 Å². The van der Waals surface area contributed by atoms with Crippen LogP contribution in [0, 0.1) is 20.8 Å². The Morgan fingerprint density at radius 1 is 1.12 bits per heavy atom. The minimum atomic E-state index is -0.141. The van der Waals surface area contributed by atoms with Crippen molar-refractivity contribution < 1.29 is 0 Å². The molecule has 2 aromatic carbocycles. The van der Waals surface area contributed by atoms with E-state index in [9.17, 15) is 4.79 Å². The zero-order valence-corrected chi connectivity index (χ0v) is 15.1. The van der Waals surface area contributed by atoms with Crippen molar-refractivity contribution in [1.29, 1.82) is 0 Å². The lowest BCUT2D eigenvalue weighted by Crippen LogP contribution is -2.17. The molecule has 0 bridgehead atoms. The number of hydrazone groups is 1. The Bertz CT molecular complexity index is 1000. The summed E-state index contributed by atoms with van der Waals surface area (Å²) in [6.45, 7) is 5.91. The van der Waals surface area contributed by atoms with E-state index >= 15 is 0 Å². The van der Waals surface area contributed by atoms with Gasteiger partial charge in [-0.25, -0.2) is 4.68 Å². The average Bonchev–Trinajstić information content (AvgIpc) is 2.85. The van der Waals surface area contributed by atoms with E-state index in [1.165, 1.54) is 16.5 Å². The predicted molar refractivity (Wildman–Crippen MR) is 103 cm³/mol. The van der Waals surface area contributed by atoms with Crippen molar-refractivity contribution in [3.8, 4) is 5.69 Å². The van der Waals surface area contributed by atoms with E-state index in [1.807, 2.05) is 51.1 Å². The lowest BCUT2D eigenvalue weighted by atomic mass is 10.1. The second-order valence-electron chi connectivity index (χ2n) is 5.94. The number of aryl methyl sites for hydroxylation is 3. The van der Waals surface area contributed by atoms with Gasteiger partial charge in [0.25, 0.3) is 5.56 Å². The summed E-state index contributed by atoms with van der Waals surface area (Å²) >= 11 is 5.94. The van der Waals surface area contributed by atoms with Crippen LogP contribution >= 0.6 is 11.6 Å². The monoisotopic (exact) mass is 354 g/mol. The van der Waals surface area contributed by atoms with E-state index < -0.39 is 0 Å². The van der Waals surface area contributed by atoms with Crippen LogP contribution in [0.25, 0.3) is 5.69 Å². The molecule has 0 fully saturated rings. The van der Waals surface area contributed by atoms with Crippen molar-refractivity contribution in [3.05, 3.63) is 80.2 Å². The molecule has 0 spiro atoms. The molecule has 1 heterocycles. The van der Waals surface area contributed by atoms with Crippen molar-refractivity contribution in [2.24, 2.45) is 5.10 Å². The first kappa shape index (κ1) is 17.0. The summed E-state index contributed by atoms with van der Waals surface area (Å²) in [5.41, 5.74) is 7.87. The van der Waals surface area contributed by atoms with E-state index in [0.29, 0.717) is 10.6 Å². The fourth-order valence-electron chi connectivity index (χ4n) is 2.49. The Balaban J connectivity index is 1.88. The predicted octanol–water partition coefficient (Wildman–Crippen LogP) is 4.19. The standard InChI is InChI=1S/C19H19ClN4O/c1-12-7-8-17(9-13(12)2)24-19(25)18(14(3)23-24)11-21-22-16-6-4-5-15(20)10-16/h4-11,22-23H,1-3H3. The first-order chi connectivity index (χ1) is 12.0. The highest BCUT2D eigenvalue weighted by molar-refractivity contribution is 6.30. The summed E-state index contributed by atoms with van der Waals surface area (Å²) in [4.78, 5) is 12.7. The minimum absolute atomic E-state index is 0.141. The number of H-pyrrole nitrogens is 1. The summed E-state index contributed by atoms with van der Waals surface area (Å²) < 4.78 is 1.53. The van der Waals surface area contributed by atoms with Crippen LogP contribution in [-0.4, -0.2) is 16.0 Å². The van der Waals surface area contributed by atoms with Crippen molar-refractivity contribution in [1.82, 2.24) is 9.78 Å². The van der Waals surface area contributed by atoms with E-state index in [0.717, 1.165) is 22.6 Å².